The van der Waals surface area contributed by atoms with E-state index in [0.717, 1.165) is 30.6 Å². The van der Waals surface area contributed by atoms with E-state index in [0.29, 0.717) is 0 Å². The Morgan fingerprint density at radius 1 is 1.18 bits per heavy atom. The van der Waals surface area contributed by atoms with Gasteiger partial charge in [-0.3, -0.25) is 0 Å². The van der Waals surface area contributed by atoms with Crippen molar-refractivity contribution in [2.75, 3.05) is 0 Å². The van der Waals surface area contributed by atoms with Crippen LogP contribution in [0.1, 0.15) is 35.8 Å². The second kappa shape index (κ2) is 5.69. The summed E-state index contributed by atoms with van der Waals surface area (Å²) < 4.78 is 5.40. The summed E-state index contributed by atoms with van der Waals surface area (Å²) in [6.45, 7) is 2.04. The van der Waals surface area contributed by atoms with Gasteiger partial charge in [0, 0.05) is 0 Å². The van der Waals surface area contributed by atoms with Gasteiger partial charge in [0.1, 0.15) is 5.76 Å². The van der Waals surface area contributed by atoms with Crippen LogP contribution in [0.4, 0.5) is 0 Å². The van der Waals surface area contributed by atoms with Gasteiger partial charge < -0.3 is 10.2 Å². The highest BCUT2D eigenvalue weighted by Gasteiger charge is 2.11. The van der Waals surface area contributed by atoms with Crippen LogP contribution in [-0.2, 0) is 6.42 Å². The Morgan fingerprint density at radius 2 is 1.94 bits per heavy atom. The summed E-state index contributed by atoms with van der Waals surface area (Å²) in [5, 5.41) is 0. The van der Waals surface area contributed by atoms with E-state index in [1.54, 1.807) is 6.26 Å². The van der Waals surface area contributed by atoms with Crippen molar-refractivity contribution in [2.24, 2.45) is 5.73 Å². The van der Waals surface area contributed by atoms with Gasteiger partial charge >= 0.3 is 0 Å². The van der Waals surface area contributed by atoms with E-state index in [1.807, 2.05) is 19.1 Å². The maximum absolute atomic E-state index is 6.11. The second-order valence-corrected chi connectivity index (χ2v) is 4.45. The highest BCUT2D eigenvalue weighted by molar-refractivity contribution is 5.18. The zero-order chi connectivity index (χ0) is 12.1. The first kappa shape index (κ1) is 11.9. The minimum absolute atomic E-state index is 0.0220. The van der Waals surface area contributed by atoms with Crippen LogP contribution in [0.5, 0.6) is 0 Å². The molecule has 2 aromatic rings. The average Bonchev–Trinajstić information content (AvgIpc) is 2.77. The van der Waals surface area contributed by atoms with Crippen molar-refractivity contribution >= 4 is 0 Å². The first-order valence-corrected chi connectivity index (χ1v) is 6.11. The lowest BCUT2D eigenvalue weighted by atomic mass is 10.0. The van der Waals surface area contributed by atoms with Gasteiger partial charge in [-0.15, -0.1) is 0 Å². The molecule has 0 radical (unpaired) electrons. The molecule has 0 bridgehead atoms. The molecule has 1 unspecified atom stereocenters. The first-order valence-electron chi connectivity index (χ1n) is 6.11. The topological polar surface area (TPSA) is 39.2 Å². The van der Waals surface area contributed by atoms with E-state index >= 15 is 0 Å². The van der Waals surface area contributed by atoms with Crippen molar-refractivity contribution in [1.29, 1.82) is 0 Å². The molecule has 0 saturated carbocycles. The van der Waals surface area contributed by atoms with Gasteiger partial charge in [-0.1, -0.05) is 30.3 Å². The lowest BCUT2D eigenvalue weighted by Gasteiger charge is -2.09. The zero-order valence-electron chi connectivity index (χ0n) is 10.2. The number of nitrogens with two attached hydrogens (primary N) is 1. The lowest BCUT2D eigenvalue weighted by Crippen LogP contribution is -2.10. The summed E-state index contributed by atoms with van der Waals surface area (Å²) in [5.41, 5.74) is 8.63. The average molecular weight is 229 g/mol. The van der Waals surface area contributed by atoms with Crippen molar-refractivity contribution in [3.8, 4) is 0 Å². The summed E-state index contributed by atoms with van der Waals surface area (Å²) in [4.78, 5) is 0. The Hall–Kier alpha value is -1.54. The van der Waals surface area contributed by atoms with Crippen molar-refractivity contribution in [3.63, 3.8) is 0 Å². The van der Waals surface area contributed by atoms with Gasteiger partial charge in [0.2, 0.25) is 0 Å². The maximum Gasteiger partial charge on any atom is 0.123 e. The number of hydrogen-bond acceptors (Lipinski definition) is 2. The summed E-state index contributed by atoms with van der Waals surface area (Å²) in [5.74, 6) is 0.929. The fourth-order valence-electron chi connectivity index (χ4n) is 2.07. The number of hydrogen-bond donors (Lipinski definition) is 1. The molecule has 90 valence electrons. The van der Waals surface area contributed by atoms with Crippen LogP contribution in [0.2, 0.25) is 0 Å². The van der Waals surface area contributed by atoms with Gasteiger partial charge in [0.05, 0.1) is 12.3 Å². The molecule has 2 nitrogen and oxygen atoms in total. The molecule has 2 N–H and O–H groups in total. The third-order valence-electron chi connectivity index (χ3n) is 3.06. The fraction of sp³-hybridized carbons (Fsp3) is 0.333. The molecule has 0 amide bonds. The molecule has 2 rings (SSSR count). The highest BCUT2D eigenvalue weighted by atomic mass is 16.3. The number of rotatable bonds is 5. The summed E-state index contributed by atoms with van der Waals surface area (Å²) in [6, 6.07) is 12.5. The van der Waals surface area contributed by atoms with Gasteiger partial charge in [-0.05, 0) is 43.4 Å². The van der Waals surface area contributed by atoms with Crippen molar-refractivity contribution in [1.82, 2.24) is 0 Å². The van der Waals surface area contributed by atoms with E-state index in [9.17, 15) is 0 Å². The minimum atomic E-state index is 0.0220. The zero-order valence-corrected chi connectivity index (χ0v) is 10.2. The van der Waals surface area contributed by atoms with Crippen LogP contribution >= 0.6 is 0 Å². The van der Waals surface area contributed by atoms with Crippen LogP contribution in [0.15, 0.2) is 47.1 Å². The van der Waals surface area contributed by atoms with E-state index in [2.05, 4.69) is 24.3 Å². The number of furan rings is 1. The van der Waals surface area contributed by atoms with E-state index in [4.69, 9.17) is 10.2 Å². The SMILES string of the molecule is Cc1ccoc1C(N)CCCc1ccccc1. The molecule has 1 atom stereocenters. The molecule has 2 heteroatoms. The summed E-state index contributed by atoms with van der Waals surface area (Å²) >= 11 is 0. The predicted octanol–water partition coefficient (Wildman–Crippen LogP) is 3.61. The van der Waals surface area contributed by atoms with Gasteiger partial charge in [0.15, 0.2) is 0 Å². The Labute approximate surface area is 102 Å². The highest BCUT2D eigenvalue weighted by Crippen LogP contribution is 2.21. The van der Waals surface area contributed by atoms with E-state index in [1.165, 1.54) is 5.56 Å². The Kier molecular flexibility index (Phi) is 3.99. The smallest absolute Gasteiger partial charge is 0.123 e. The summed E-state index contributed by atoms with van der Waals surface area (Å²) in [6.07, 6.45) is 4.84. The first-order chi connectivity index (χ1) is 8.27. The number of aryl methyl sites for hydroxylation is 2. The Balaban J connectivity index is 1.81. The van der Waals surface area contributed by atoms with E-state index in [-0.39, 0.29) is 6.04 Å². The normalized spacial score (nSPS) is 12.6. The standard InChI is InChI=1S/C15H19NO/c1-12-10-11-17-15(12)14(16)9-5-8-13-6-3-2-4-7-13/h2-4,6-7,10-11,14H,5,8-9,16H2,1H3. The van der Waals surface area contributed by atoms with Crippen LogP contribution < -0.4 is 5.73 Å². The van der Waals surface area contributed by atoms with Crippen LogP contribution in [-0.4, -0.2) is 0 Å². The van der Waals surface area contributed by atoms with Crippen molar-refractivity contribution < 1.29 is 4.42 Å². The van der Waals surface area contributed by atoms with Crippen molar-refractivity contribution in [2.45, 2.75) is 32.2 Å². The minimum Gasteiger partial charge on any atom is -0.467 e. The largest absolute Gasteiger partial charge is 0.467 e. The molecule has 1 aromatic heterocycles. The molecule has 17 heavy (non-hydrogen) atoms. The molecule has 0 saturated heterocycles. The molecule has 1 heterocycles. The van der Waals surface area contributed by atoms with Gasteiger partial charge in [-0.2, -0.15) is 0 Å². The van der Waals surface area contributed by atoms with Crippen LogP contribution in [0.25, 0.3) is 0 Å². The van der Waals surface area contributed by atoms with E-state index < -0.39 is 0 Å². The van der Waals surface area contributed by atoms with Gasteiger partial charge in [0.25, 0.3) is 0 Å². The molecular weight excluding hydrogens is 210 g/mol. The van der Waals surface area contributed by atoms with Crippen LogP contribution in [0, 0.1) is 6.92 Å². The van der Waals surface area contributed by atoms with Crippen molar-refractivity contribution in [3.05, 3.63) is 59.5 Å². The molecule has 0 fully saturated rings. The predicted molar refractivity (Wildman–Crippen MR) is 69.8 cm³/mol. The second-order valence-electron chi connectivity index (χ2n) is 4.45. The van der Waals surface area contributed by atoms with Crippen LogP contribution in [0.3, 0.4) is 0 Å². The lowest BCUT2D eigenvalue weighted by molar-refractivity contribution is 0.443. The molecule has 0 aliphatic rings. The maximum atomic E-state index is 6.11. The third kappa shape index (κ3) is 3.21. The monoisotopic (exact) mass is 229 g/mol. The molecule has 0 spiro atoms. The molecule has 1 aromatic carbocycles. The Bertz CT molecular complexity index is 447. The number of benzene rings is 1. The molecule has 0 aliphatic carbocycles. The summed E-state index contributed by atoms with van der Waals surface area (Å²) in [7, 11) is 0. The molecule has 0 aliphatic heterocycles. The Morgan fingerprint density at radius 3 is 2.59 bits per heavy atom. The van der Waals surface area contributed by atoms with Gasteiger partial charge in [-0.25, -0.2) is 0 Å². The molecular formula is C15H19NO. The quantitative estimate of drug-likeness (QED) is 0.850. The fourth-order valence-corrected chi connectivity index (χ4v) is 2.07. The third-order valence-corrected chi connectivity index (χ3v) is 3.06.